The van der Waals surface area contributed by atoms with Crippen molar-refractivity contribution in [1.82, 2.24) is 19.9 Å². The predicted molar refractivity (Wildman–Crippen MR) is 58.5 cm³/mol. The van der Waals surface area contributed by atoms with Crippen molar-refractivity contribution in [3.8, 4) is 17.5 Å². The fraction of sp³-hybridized carbons (Fsp3) is 0. The Hall–Kier alpha value is -2.90. The quantitative estimate of drug-likeness (QED) is 0.577. The monoisotopic (exact) mass is 248 g/mol. The third-order valence-corrected chi connectivity index (χ3v) is 2.40. The molecule has 2 aromatic heterocycles. The minimum atomic E-state index is -0.632. The van der Waals surface area contributed by atoms with Crippen LogP contribution in [0.15, 0.2) is 30.3 Å². The van der Waals surface area contributed by atoms with E-state index in [4.69, 9.17) is 10.0 Å². The van der Waals surface area contributed by atoms with Crippen LogP contribution in [0.4, 0.5) is 0 Å². The summed E-state index contributed by atoms with van der Waals surface area (Å²) in [6.07, 6.45) is 0. The van der Waals surface area contributed by atoms with Gasteiger partial charge in [-0.3, -0.25) is 0 Å². The van der Waals surface area contributed by atoms with Gasteiger partial charge in [-0.2, -0.15) is 0 Å². The number of hydrogen-bond acceptors (Lipinski definition) is 6. The largest absolute Gasteiger partial charge is 0.492 e. The van der Waals surface area contributed by atoms with Gasteiger partial charge in [0.25, 0.3) is 5.88 Å². The average molecular weight is 248 g/mol. The Morgan fingerprint density at radius 3 is 2.67 bits per heavy atom. The highest BCUT2D eigenvalue weighted by Gasteiger charge is 2.17. The van der Waals surface area contributed by atoms with Gasteiger partial charge >= 0.3 is 0 Å². The van der Waals surface area contributed by atoms with Crippen LogP contribution in [-0.2, 0) is 0 Å². The number of rotatable bonds is 2. The summed E-state index contributed by atoms with van der Waals surface area (Å²) in [5, 5.41) is 35.4. The summed E-state index contributed by atoms with van der Waals surface area (Å²) >= 11 is 0. The van der Waals surface area contributed by atoms with Crippen LogP contribution in [0.3, 0.4) is 0 Å². The first-order valence-corrected chi connectivity index (χ1v) is 4.98. The molecule has 0 fully saturated rings. The highest BCUT2D eigenvalue weighted by molar-refractivity contribution is 5.73. The summed E-state index contributed by atoms with van der Waals surface area (Å²) < 4.78 is 0.189. The third-order valence-electron chi connectivity index (χ3n) is 2.40. The van der Waals surface area contributed by atoms with Crippen LogP contribution in [0.5, 0.6) is 17.5 Å². The molecular weight excluding hydrogens is 240 g/mol. The van der Waals surface area contributed by atoms with Crippen molar-refractivity contribution in [1.29, 1.82) is 0 Å². The van der Waals surface area contributed by atoms with Crippen LogP contribution in [0.25, 0.3) is 11.0 Å². The lowest BCUT2D eigenvalue weighted by Gasteiger charge is -2.02. The first-order valence-electron chi connectivity index (χ1n) is 4.98. The highest BCUT2D eigenvalue weighted by Crippen LogP contribution is 2.33. The van der Waals surface area contributed by atoms with E-state index in [-0.39, 0.29) is 10.5 Å². The molecule has 3 N–H and O–H groups in total. The highest BCUT2D eigenvalue weighted by atomic mass is 16.7. The lowest BCUT2D eigenvalue weighted by molar-refractivity contribution is 0.121. The average Bonchev–Trinajstić information content (AvgIpc) is 2.89. The van der Waals surface area contributed by atoms with Crippen LogP contribution in [0.1, 0.15) is 0 Å². The van der Waals surface area contributed by atoms with Crippen LogP contribution < -0.4 is 4.84 Å². The number of nitrogens with zero attached hydrogens (tertiary/aromatic N) is 4. The first-order chi connectivity index (χ1) is 8.66. The molecule has 92 valence electrons. The van der Waals surface area contributed by atoms with Gasteiger partial charge in [0.1, 0.15) is 11.0 Å². The molecule has 3 rings (SSSR count). The van der Waals surface area contributed by atoms with Gasteiger partial charge in [-0.25, -0.2) is 0 Å². The van der Waals surface area contributed by atoms with E-state index in [1.807, 2.05) is 0 Å². The summed E-state index contributed by atoms with van der Waals surface area (Å²) in [5.74, 6) is -1.33. The maximum Gasteiger partial charge on any atom is 0.275 e. The normalized spacial score (nSPS) is 10.9. The summed E-state index contributed by atoms with van der Waals surface area (Å²) in [6, 6.07) is 8.10. The molecule has 1 aromatic carbocycles. The molecule has 0 unspecified atom stereocenters. The Bertz CT molecular complexity index is 718. The minimum Gasteiger partial charge on any atom is -0.492 e. The molecule has 0 aliphatic heterocycles. The predicted octanol–water partition coefficient (Wildman–Crippen LogP) is 0.723. The molecule has 0 bridgehead atoms. The maximum absolute atomic E-state index is 9.46. The van der Waals surface area contributed by atoms with E-state index >= 15 is 0 Å². The standard InChI is InChI=1S/C10H8N4O4/c15-9-5-8(10(16)13(9)17)18-14-7-4-2-1-3-6(7)11-12-14/h1-5,15-17H. The first kappa shape index (κ1) is 10.3. The maximum atomic E-state index is 9.46. The fourth-order valence-electron chi connectivity index (χ4n) is 1.53. The van der Waals surface area contributed by atoms with Crippen LogP contribution in [0, 0.1) is 0 Å². The zero-order valence-corrected chi connectivity index (χ0v) is 8.93. The lowest BCUT2D eigenvalue weighted by atomic mass is 10.3. The summed E-state index contributed by atoms with van der Waals surface area (Å²) in [4.78, 5) is 6.29. The second kappa shape index (κ2) is 3.55. The van der Waals surface area contributed by atoms with Gasteiger partial charge in [-0.1, -0.05) is 17.0 Å². The second-order valence-electron chi connectivity index (χ2n) is 3.54. The second-order valence-corrected chi connectivity index (χ2v) is 3.54. The van der Waals surface area contributed by atoms with E-state index in [9.17, 15) is 10.2 Å². The van der Waals surface area contributed by atoms with Crippen LogP contribution in [0.2, 0.25) is 0 Å². The smallest absolute Gasteiger partial charge is 0.275 e. The molecule has 18 heavy (non-hydrogen) atoms. The Labute approximate surface area is 99.8 Å². The molecule has 8 heteroatoms. The van der Waals surface area contributed by atoms with Crippen molar-refractivity contribution in [2.75, 3.05) is 0 Å². The van der Waals surface area contributed by atoms with E-state index in [1.54, 1.807) is 24.3 Å². The number of fused-ring (bicyclic) bond motifs is 1. The summed E-state index contributed by atoms with van der Waals surface area (Å²) in [7, 11) is 0. The van der Waals surface area contributed by atoms with Crippen LogP contribution >= 0.6 is 0 Å². The fourth-order valence-corrected chi connectivity index (χ4v) is 1.53. The number of aromatic nitrogens is 4. The van der Waals surface area contributed by atoms with Crippen LogP contribution in [-0.4, -0.2) is 35.3 Å². The van der Waals surface area contributed by atoms with E-state index in [0.717, 1.165) is 10.9 Å². The molecule has 0 aliphatic carbocycles. The van der Waals surface area contributed by atoms with E-state index in [0.29, 0.717) is 11.0 Å². The zero-order valence-electron chi connectivity index (χ0n) is 8.93. The number of benzene rings is 1. The molecule has 0 saturated carbocycles. The summed E-state index contributed by atoms with van der Waals surface area (Å²) in [5.41, 5.74) is 1.20. The molecule has 8 nitrogen and oxygen atoms in total. The van der Waals surface area contributed by atoms with Gasteiger partial charge in [-0.15, -0.1) is 9.83 Å². The van der Waals surface area contributed by atoms with Gasteiger partial charge in [0.2, 0.25) is 11.6 Å². The number of hydrogen-bond donors (Lipinski definition) is 3. The topological polar surface area (TPSA) is 106 Å². The van der Waals surface area contributed by atoms with E-state index in [2.05, 4.69) is 10.3 Å². The Morgan fingerprint density at radius 1 is 1.17 bits per heavy atom. The van der Waals surface area contributed by atoms with Gasteiger partial charge in [0, 0.05) is 0 Å². The number of aromatic hydroxyl groups is 2. The van der Waals surface area contributed by atoms with Crippen molar-refractivity contribution in [3.05, 3.63) is 30.3 Å². The van der Waals surface area contributed by atoms with E-state index < -0.39 is 11.8 Å². The molecular formula is C10H8N4O4. The SMILES string of the molecule is Oc1cc(On2nnc3ccccc32)c(O)n1O. The van der Waals surface area contributed by atoms with Crippen molar-refractivity contribution in [2.24, 2.45) is 0 Å². The molecule has 0 atom stereocenters. The number of para-hydroxylation sites is 1. The molecule has 3 aromatic rings. The lowest BCUT2D eigenvalue weighted by Crippen LogP contribution is -2.06. The minimum absolute atomic E-state index is 0.148. The molecule has 2 heterocycles. The van der Waals surface area contributed by atoms with Crippen molar-refractivity contribution in [2.45, 2.75) is 0 Å². The molecule has 0 spiro atoms. The zero-order chi connectivity index (χ0) is 12.7. The van der Waals surface area contributed by atoms with E-state index in [1.165, 1.54) is 0 Å². The van der Waals surface area contributed by atoms with Gasteiger partial charge in [-0.05, 0) is 17.3 Å². The third kappa shape index (κ3) is 1.39. The van der Waals surface area contributed by atoms with Gasteiger partial charge < -0.3 is 20.3 Å². The van der Waals surface area contributed by atoms with Crippen molar-refractivity contribution in [3.63, 3.8) is 0 Å². The van der Waals surface area contributed by atoms with Crippen molar-refractivity contribution >= 4 is 11.0 Å². The Kier molecular flexibility index (Phi) is 2.03. The molecule has 0 aliphatic rings. The molecule has 0 saturated heterocycles. The molecule has 0 amide bonds. The van der Waals surface area contributed by atoms with Gasteiger partial charge in [0.05, 0.1) is 6.07 Å². The Balaban J connectivity index is 2.04. The van der Waals surface area contributed by atoms with Gasteiger partial charge in [0.15, 0.2) is 0 Å². The molecule has 0 radical (unpaired) electrons. The summed E-state index contributed by atoms with van der Waals surface area (Å²) in [6.45, 7) is 0. The Morgan fingerprint density at radius 2 is 1.94 bits per heavy atom. The van der Waals surface area contributed by atoms with Crippen molar-refractivity contribution < 1.29 is 20.3 Å².